The lowest BCUT2D eigenvalue weighted by Gasteiger charge is -2.23. The first-order valence-corrected chi connectivity index (χ1v) is 13.0. The molecule has 4 aromatic rings. The van der Waals surface area contributed by atoms with E-state index < -0.39 is 0 Å². The summed E-state index contributed by atoms with van der Waals surface area (Å²) in [6.45, 7) is 5.73. The molecule has 0 aliphatic carbocycles. The van der Waals surface area contributed by atoms with Crippen molar-refractivity contribution in [3.63, 3.8) is 0 Å². The van der Waals surface area contributed by atoms with Gasteiger partial charge in [0.2, 0.25) is 5.91 Å². The van der Waals surface area contributed by atoms with Crippen LogP contribution in [0.25, 0.3) is 11.0 Å². The first-order chi connectivity index (χ1) is 17.7. The van der Waals surface area contributed by atoms with Crippen LogP contribution in [0.5, 0.6) is 0 Å². The number of amides is 1. The Morgan fingerprint density at radius 1 is 1.14 bits per heavy atom. The summed E-state index contributed by atoms with van der Waals surface area (Å²) >= 11 is 0. The number of piperidine rings is 1. The third-order valence-electron chi connectivity index (χ3n) is 7.31. The van der Waals surface area contributed by atoms with Gasteiger partial charge in [0.05, 0.1) is 0 Å². The predicted molar refractivity (Wildman–Crippen MR) is 144 cm³/mol. The van der Waals surface area contributed by atoms with E-state index >= 15 is 0 Å². The van der Waals surface area contributed by atoms with E-state index in [0.717, 1.165) is 54.8 Å². The second-order valence-corrected chi connectivity index (χ2v) is 9.96. The molecule has 1 saturated heterocycles. The monoisotopic (exact) mass is 481 g/mol. The highest BCUT2D eigenvalue weighted by Gasteiger charge is 2.24. The van der Waals surface area contributed by atoms with E-state index in [0.29, 0.717) is 12.3 Å². The van der Waals surface area contributed by atoms with Crippen molar-refractivity contribution in [3.8, 4) is 0 Å². The summed E-state index contributed by atoms with van der Waals surface area (Å²) in [6, 6.07) is 18.9. The molecule has 1 aliphatic rings. The van der Waals surface area contributed by atoms with Crippen LogP contribution >= 0.6 is 0 Å². The molecule has 3 heterocycles. The minimum Gasteiger partial charge on any atom is -0.356 e. The summed E-state index contributed by atoms with van der Waals surface area (Å²) in [5.74, 6) is 0.720. The fraction of sp³-hybridized carbons (Fsp3) is 0.367. The number of carbonyl (C=O) groups is 1. The Balaban J connectivity index is 1.41. The first kappa shape index (κ1) is 24.2. The van der Waals surface area contributed by atoms with Crippen molar-refractivity contribution >= 4 is 16.9 Å². The molecule has 0 spiro atoms. The highest BCUT2D eigenvalue weighted by atomic mass is 16.1. The quantitative estimate of drug-likeness (QED) is 0.360. The van der Waals surface area contributed by atoms with Crippen LogP contribution in [-0.4, -0.2) is 40.1 Å². The van der Waals surface area contributed by atoms with E-state index in [1.165, 1.54) is 24.0 Å². The molecule has 0 saturated carbocycles. The van der Waals surface area contributed by atoms with Crippen molar-refractivity contribution in [2.75, 3.05) is 19.6 Å². The standard InChI is InChI=1S/C30H35N5O/c1-22-6-5-9-25(16-22)26(17-29(36)33-15-12-23-10-13-31-14-11-23)28-20-35(19-24-7-3-2-4-8-24)30-27(28)18-32-21-34-30/h2-9,16,18,20-21,23,26,31H,10-15,17,19H2,1H3,(H,33,36). The topological polar surface area (TPSA) is 71.8 Å². The average molecular weight is 482 g/mol. The first-order valence-electron chi connectivity index (χ1n) is 13.0. The second-order valence-electron chi connectivity index (χ2n) is 9.96. The summed E-state index contributed by atoms with van der Waals surface area (Å²) in [4.78, 5) is 22.2. The van der Waals surface area contributed by atoms with Gasteiger partial charge in [0.15, 0.2) is 0 Å². The molecule has 5 rings (SSSR count). The van der Waals surface area contributed by atoms with Crippen molar-refractivity contribution in [3.05, 3.63) is 95.6 Å². The van der Waals surface area contributed by atoms with E-state index in [1.807, 2.05) is 12.3 Å². The molecule has 186 valence electrons. The third-order valence-corrected chi connectivity index (χ3v) is 7.31. The summed E-state index contributed by atoms with van der Waals surface area (Å²) in [6.07, 6.45) is 9.49. The Bertz CT molecular complexity index is 1290. The molecule has 1 unspecified atom stereocenters. The number of hydrogen-bond donors (Lipinski definition) is 2. The third kappa shape index (κ3) is 5.82. The summed E-state index contributed by atoms with van der Waals surface area (Å²) in [7, 11) is 0. The number of hydrogen-bond acceptors (Lipinski definition) is 4. The van der Waals surface area contributed by atoms with Crippen molar-refractivity contribution in [1.82, 2.24) is 25.2 Å². The van der Waals surface area contributed by atoms with E-state index in [9.17, 15) is 4.79 Å². The van der Waals surface area contributed by atoms with Gasteiger partial charge < -0.3 is 15.2 Å². The number of aryl methyl sites for hydroxylation is 1. The summed E-state index contributed by atoms with van der Waals surface area (Å²) < 4.78 is 2.18. The number of carbonyl (C=O) groups excluding carboxylic acids is 1. The number of aromatic nitrogens is 3. The SMILES string of the molecule is Cc1cccc(C(CC(=O)NCCC2CCNCC2)c2cn(Cc3ccccc3)c3ncncc23)c1. The Labute approximate surface area is 213 Å². The zero-order valence-corrected chi connectivity index (χ0v) is 21.0. The van der Waals surface area contributed by atoms with Gasteiger partial charge >= 0.3 is 0 Å². The Kier molecular flexibility index (Phi) is 7.72. The maximum atomic E-state index is 13.2. The minimum atomic E-state index is -0.0747. The maximum Gasteiger partial charge on any atom is 0.220 e. The van der Waals surface area contributed by atoms with Gasteiger partial charge in [-0.3, -0.25) is 4.79 Å². The van der Waals surface area contributed by atoms with Gasteiger partial charge in [-0.2, -0.15) is 0 Å². The summed E-state index contributed by atoms with van der Waals surface area (Å²) in [5, 5.41) is 7.63. The van der Waals surface area contributed by atoms with Crippen LogP contribution in [0, 0.1) is 12.8 Å². The van der Waals surface area contributed by atoms with Gasteiger partial charge in [-0.1, -0.05) is 60.2 Å². The lowest BCUT2D eigenvalue weighted by molar-refractivity contribution is -0.121. The highest BCUT2D eigenvalue weighted by Crippen LogP contribution is 2.34. The van der Waals surface area contributed by atoms with Gasteiger partial charge in [-0.05, 0) is 61.9 Å². The molecule has 1 amide bonds. The van der Waals surface area contributed by atoms with Crippen molar-refractivity contribution in [1.29, 1.82) is 0 Å². The molecule has 6 heteroatoms. The Hall–Kier alpha value is -3.51. The number of rotatable bonds is 9. The van der Waals surface area contributed by atoms with Gasteiger partial charge in [-0.25, -0.2) is 9.97 Å². The van der Waals surface area contributed by atoms with E-state index in [4.69, 9.17) is 0 Å². The van der Waals surface area contributed by atoms with E-state index in [-0.39, 0.29) is 11.8 Å². The molecular formula is C30H35N5O. The van der Waals surface area contributed by atoms with Gasteiger partial charge in [0, 0.05) is 43.2 Å². The molecule has 36 heavy (non-hydrogen) atoms. The van der Waals surface area contributed by atoms with Gasteiger partial charge in [0.25, 0.3) is 0 Å². The second kappa shape index (κ2) is 11.5. The molecule has 0 radical (unpaired) electrons. The molecule has 6 nitrogen and oxygen atoms in total. The van der Waals surface area contributed by atoms with Gasteiger partial charge in [0.1, 0.15) is 12.0 Å². The minimum absolute atomic E-state index is 0.0747. The lowest BCUT2D eigenvalue weighted by Crippen LogP contribution is -2.31. The Morgan fingerprint density at radius 3 is 2.78 bits per heavy atom. The van der Waals surface area contributed by atoms with E-state index in [1.54, 1.807) is 6.33 Å². The number of benzene rings is 2. The molecule has 1 atom stereocenters. The van der Waals surface area contributed by atoms with Crippen LogP contribution in [0.15, 0.2) is 73.3 Å². The van der Waals surface area contributed by atoms with Crippen LogP contribution in [0.2, 0.25) is 0 Å². The van der Waals surface area contributed by atoms with Crippen molar-refractivity contribution in [2.24, 2.45) is 5.92 Å². The number of nitrogens with zero attached hydrogens (tertiary/aromatic N) is 3. The fourth-order valence-electron chi connectivity index (χ4n) is 5.37. The van der Waals surface area contributed by atoms with E-state index in [2.05, 4.69) is 86.8 Å². The molecule has 2 aromatic heterocycles. The molecule has 1 aliphatic heterocycles. The summed E-state index contributed by atoms with van der Waals surface area (Å²) in [5.41, 5.74) is 5.54. The smallest absolute Gasteiger partial charge is 0.220 e. The zero-order chi connectivity index (χ0) is 24.7. The Morgan fingerprint density at radius 2 is 1.97 bits per heavy atom. The van der Waals surface area contributed by atoms with Crippen LogP contribution in [0.1, 0.15) is 53.9 Å². The maximum absolute atomic E-state index is 13.2. The van der Waals surface area contributed by atoms with Crippen LogP contribution in [-0.2, 0) is 11.3 Å². The molecule has 2 N–H and O–H groups in total. The van der Waals surface area contributed by atoms with Crippen LogP contribution < -0.4 is 10.6 Å². The lowest BCUT2D eigenvalue weighted by atomic mass is 9.87. The van der Waals surface area contributed by atoms with Crippen LogP contribution in [0.3, 0.4) is 0 Å². The van der Waals surface area contributed by atoms with Crippen LogP contribution in [0.4, 0.5) is 0 Å². The highest BCUT2D eigenvalue weighted by molar-refractivity contribution is 5.83. The zero-order valence-electron chi connectivity index (χ0n) is 21.0. The molecule has 0 bridgehead atoms. The molecule has 1 fully saturated rings. The van der Waals surface area contributed by atoms with Crippen molar-refractivity contribution in [2.45, 2.75) is 45.1 Å². The number of nitrogens with one attached hydrogen (secondary N) is 2. The number of fused-ring (bicyclic) bond motifs is 1. The average Bonchev–Trinajstić information content (AvgIpc) is 3.26. The largest absolute Gasteiger partial charge is 0.356 e. The molecule has 2 aromatic carbocycles. The van der Waals surface area contributed by atoms with Gasteiger partial charge in [-0.15, -0.1) is 0 Å². The predicted octanol–water partition coefficient (Wildman–Crippen LogP) is 4.82. The normalized spacial score (nSPS) is 15.1. The van der Waals surface area contributed by atoms with Crippen molar-refractivity contribution < 1.29 is 4.79 Å². The fourth-order valence-corrected chi connectivity index (χ4v) is 5.37. The molecular weight excluding hydrogens is 446 g/mol.